The largest absolute Gasteiger partial charge is 0.469 e. The number of aliphatic hydroxyl groups excluding tert-OH is 2. The van der Waals surface area contributed by atoms with Gasteiger partial charge in [0.25, 0.3) is 0 Å². The van der Waals surface area contributed by atoms with Crippen LogP contribution in [0.15, 0.2) is 24.3 Å². The summed E-state index contributed by atoms with van der Waals surface area (Å²) in [5.41, 5.74) is 1.85. The van der Waals surface area contributed by atoms with E-state index in [0.717, 1.165) is 36.8 Å². The van der Waals surface area contributed by atoms with Gasteiger partial charge < -0.3 is 24.4 Å². The third-order valence-corrected chi connectivity index (χ3v) is 5.46. The van der Waals surface area contributed by atoms with Crippen molar-refractivity contribution in [1.82, 2.24) is 0 Å². The summed E-state index contributed by atoms with van der Waals surface area (Å²) in [6.07, 6.45) is 2.33. The lowest BCUT2D eigenvalue weighted by molar-refractivity contribution is -0.140. The maximum atomic E-state index is 11.3. The van der Waals surface area contributed by atoms with Crippen molar-refractivity contribution >= 4 is 5.97 Å². The Morgan fingerprint density at radius 1 is 1.14 bits per heavy atom. The van der Waals surface area contributed by atoms with Crippen molar-refractivity contribution in [2.24, 2.45) is 0 Å². The molecule has 1 saturated heterocycles. The van der Waals surface area contributed by atoms with Crippen LogP contribution in [-0.2, 0) is 19.0 Å². The van der Waals surface area contributed by atoms with Gasteiger partial charge in [-0.05, 0) is 30.4 Å². The minimum absolute atomic E-state index is 0.0749. The molecule has 0 bridgehead atoms. The lowest BCUT2D eigenvalue weighted by Crippen LogP contribution is -2.30. The van der Waals surface area contributed by atoms with Crippen LogP contribution < -0.4 is 0 Å². The number of benzene rings is 1. The SMILES string of the molecule is CCCCC[C@H](OC)c1ccccc1[C@@H]1O[C@@H](CCCC(=O)OC)[C@H](O)[C@H]1O. The van der Waals surface area contributed by atoms with Crippen molar-refractivity contribution in [1.29, 1.82) is 0 Å². The van der Waals surface area contributed by atoms with E-state index in [4.69, 9.17) is 9.47 Å². The molecule has 1 fully saturated rings. The smallest absolute Gasteiger partial charge is 0.305 e. The van der Waals surface area contributed by atoms with E-state index in [2.05, 4.69) is 11.7 Å². The van der Waals surface area contributed by atoms with E-state index >= 15 is 0 Å². The molecule has 2 rings (SSSR count). The molecule has 0 saturated carbocycles. The fourth-order valence-electron chi connectivity index (χ4n) is 3.84. The fourth-order valence-corrected chi connectivity index (χ4v) is 3.84. The molecule has 6 heteroatoms. The highest BCUT2D eigenvalue weighted by Gasteiger charge is 2.44. The lowest BCUT2D eigenvalue weighted by atomic mass is 9.92. The molecule has 1 aliphatic rings. The Kier molecular flexibility index (Phi) is 9.38. The van der Waals surface area contributed by atoms with Gasteiger partial charge in [-0.2, -0.15) is 0 Å². The number of unbranched alkanes of at least 4 members (excludes halogenated alkanes) is 2. The highest BCUT2D eigenvalue weighted by atomic mass is 16.5. The summed E-state index contributed by atoms with van der Waals surface area (Å²) in [6.45, 7) is 2.17. The molecule has 0 aliphatic carbocycles. The fraction of sp³-hybridized carbons (Fsp3) is 0.682. The number of carbonyl (C=O) groups excluding carboxylic acids is 1. The van der Waals surface area contributed by atoms with Gasteiger partial charge in [-0.15, -0.1) is 0 Å². The van der Waals surface area contributed by atoms with Crippen LogP contribution in [0.2, 0.25) is 0 Å². The summed E-state index contributed by atoms with van der Waals surface area (Å²) in [6, 6.07) is 7.79. The second-order valence-corrected chi connectivity index (χ2v) is 7.39. The highest BCUT2D eigenvalue weighted by Crippen LogP contribution is 2.39. The molecule has 6 nitrogen and oxygen atoms in total. The van der Waals surface area contributed by atoms with Crippen LogP contribution in [0.4, 0.5) is 0 Å². The molecule has 5 atom stereocenters. The van der Waals surface area contributed by atoms with Crippen molar-refractivity contribution in [2.75, 3.05) is 14.2 Å². The molecule has 2 N–H and O–H groups in total. The second kappa shape index (κ2) is 11.5. The van der Waals surface area contributed by atoms with Gasteiger partial charge in [-0.25, -0.2) is 0 Å². The van der Waals surface area contributed by atoms with Crippen molar-refractivity contribution in [2.45, 2.75) is 82.4 Å². The summed E-state index contributed by atoms with van der Waals surface area (Å²) >= 11 is 0. The summed E-state index contributed by atoms with van der Waals surface area (Å²) in [4.78, 5) is 11.3. The number of esters is 1. The normalized spacial score (nSPS) is 25.6. The van der Waals surface area contributed by atoms with Crippen molar-refractivity contribution in [3.05, 3.63) is 35.4 Å². The molecule has 0 amide bonds. The Morgan fingerprint density at radius 3 is 2.57 bits per heavy atom. The Bertz CT molecular complexity index is 604. The summed E-state index contributed by atoms with van der Waals surface area (Å²) in [7, 11) is 3.05. The molecule has 1 heterocycles. The Balaban J connectivity index is 2.10. The minimum atomic E-state index is -1.02. The second-order valence-electron chi connectivity index (χ2n) is 7.39. The van der Waals surface area contributed by atoms with Crippen molar-refractivity contribution in [3.63, 3.8) is 0 Å². The zero-order valence-electron chi connectivity index (χ0n) is 17.2. The molecule has 1 aromatic carbocycles. The molecular formula is C22H34O6. The summed E-state index contributed by atoms with van der Waals surface area (Å²) in [5, 5.41) is 21.1. The monoisotopic (exact) mass is 394 g/mol. The Hall–Kier alpha value is -1.47. The number of ether oxygens (including phenoxy) is 3. The van der Waals surface area contributed by atoms with Crippen LogP contribution in [0, 0.1) is 0 Å². The predicted molar refractivity (Wildman–Crippen MR) is 106 cm³/mol. The van der Waals surface area contributed by atoms with Crippen molar-refractivity contribution in [3.8, 4) is 0 Å². The number of aliphatic hydroxyl groups is 2. The third-order valence-electron chi connectivity index (χ3n) is 5.46. The van der Waals surface area contributed by atoms with Gasteiger partial charge in [-0.3, -0.25) is 4.79 Å². The van der Waals surface area contributed by atoms with Crippen LogP contribution in [0.25, 0.3) is 0 Å². The molecule has 0 aromatic heterocycles. The van der Waals surface area contributed by atoms with E-state index in [0.29, 0.717) is 12.8 Å². The first-order valence-corrected chi connectivity index (χ1v) is 10.2. The zero-order valence-corrected chi connectivity index (χ0v) is 17.2. The van der Waals surface area contributed by atoms with E-state index in [-0.39, 0.29) is 18.5 Å². The first-order chi connectivity index (χ1) is 13.5. The zero-order chi connectivity index (χ0) is 20.5. The maximum absolute atomic E-state index is 11.3. The topological polar surface area (TPSA) is 85.2 Å². The van der Waals surface area contributed by atoms with Gasteiger partial charge in [0.1, 0.15) is 18.3 Å². The van der Waals surface area contributed by atoms with E-state index in [9.17, 15) is 15.0 Å². The standard InChI is InChI=1S/C22H34O6/c1-4-5-6-12-17(26-2)15-10-7-8-11-16(15)22-21(25)20(24)18(28-22)13-9-14-19(23)27-3/h7-8,10-11,17-18,20-22,24-25H,4-6,9,12-14H2,1-3H3/t17-,18-,20-,21+,22-/m0/s1. The molecule has 0 unspecified atom stereocenters. The average Bonchev–Trinajstić information content (AvgIpc) is 2.99. The van der Waals surface area contributed by atoms with E-state index in [1.165, 1.54) is 7.11 Å². The molecule has 0 radical (unpaired) electrons. The molecule has 0 spiro atoms. The van der Waals surface area contributed by atoms with E-state index < -0.39 is 24.4 Å². The average molecular weight is 395 g/mol. The van der Waals surface area contributed by atoms with Crippen LogP contribution in [0.3, 0.4) is 0 Å². The van der Waals surface area contributed by atoms with Gasteiger partial charge >= 0.3 is 5.97 Å². The molecule has 158 valence electrons. The van der Waals surface area contributed by atoms with Crippen LogP contribution in [0.5, 0.6) is 0 Å². The Morgan fingerprint density at radius 2 is 1.89 bits per heavy atom. The predicted octanol–water partition coefficient (Wildman–Crippen LogP) is 3.46. The van der Waals surface area contributed by atoms with Gasteiger partial charge in [0.15, 0.2) is 0 Å². The maximum Gasteiger partial charge on any atom is 0.305 e. The van der Waals surface area contributed by atoms with Crippen LogP contribution in [-0.4, -0.2) is 48.7 Å². The molecule has 1 aliphatic heterocycles. The first kappa shape index (κ1) is 22.8. The van der Waals surface area contributed by atoms with Crippen LogP contribution in [0.1, 0.15) is 75.2 Å². The lowest BCUT2D eigenvalue weighted by Gasteiger charge is -2.24. The van der Waals surface area contributed by atoms with Gasteiger partial charge in [-0.1, -0.05) is 50.5 Å². The Labute approximate surface area is 167 Å². The molecule has 1 aromatic rings. The number of methoxy groups -OCH3 is 2. The number of carbonyl (C=O) groups is 1. The minimum Gasteiger partial charge on any atom is -0.469 e. The molecular weight excluding hydrogens is 360 g/mol. The van der Waals surface area contributed by atoms with Gasteiger partial charge in [0.2, 0.25) is 0 Å². The summed E-state index contributed by atoms with van der Waals surface area (Å²) < 4.78 is 16.4. The first-order valence-electron chi connectivity index (χ1n) is 10.2. The number of hydrogen-bond acceptors (Lipinski definition) is 6. The number of hydrogen-bond donors (Lipinski definition) is 2. The van der Waals surface area contributed by atoms with Gasteiger partial charge in [0, 0.05) is 13.5 Å². The highest BCUT2D eigenvalue weighted by molar-refractivity contribution is 5.68. The van der Waals surface area contributed by atoms with Crippen molar-refractivity contribution < 1.29 is 29.2 Å². The number of rotatable bonds is 11. The summed E-state index contributed by atoms with van der Waals surface area (Å²) in [5.74, 6) is -0.287. The third kappa shape index (κ3) is 5.77. The molecule has 28 heavy (non-hydrogen) atoms. The van der Waals surface area contributed by atoms with E-state index in [1.807, 2.05) is 24.3 Å². The van der Waals surface area contributed by atoms with Crippen LogP contribution >= 0.6 is 0 Å². The van der Waals surface area contributed by atoms with Gasteiger partial charge in [0.05, 0.1) is 19.3 Å². The quantitative estimate of drug-likeness (QED) is 0.442. The van der Waals surface area contributed by atoms with E-state index in [1.54, 1.807) is 7.11 Å².